The normalized spacial score (nSPS) is 22.1. The van der Waals surface area contributed by atoms with Crippen LogP contribution in [0.15, 0.2) is 48.8 Å². The third-order valence-corrected chi connectivity index (χ3v) is 5.07. The van der Waals surface area contributed by atoms with Crippen molar-refractivity contribution in [3.8, 4) is 11.4 Å². The van der Waals surface area contributed by atoms with Gasteiger partial charge in [0.15, 0.2) is 5.82 Å². The first-order valence-corrected chi connectivity index (χ1v) is 8.17. The predicted octanol–water partition coefficient (Wildman–Crippen LogP) is 3.26. The predicted molar refractivity (Wildman–Crippen MR) is 94.6 cm³/mol. The lowest BCUT2D eigenvalue weighted by Crippen LogP contribution is -2.57. The Morgan fingerprint density at radius 1 is 1.08 bits per heavy atom. The lowest BCUT2D eigenvalue weighted by Gasteiger charge is -2.49. The van der Waals surface area contributed by atoms with Crippen LogP contribution in [0.1, 0.15) is 20.3 Å². The van der Waals surface area contributed by atoms with Gasteiger partial charge in [-0.05, 0) is 30.7 Å². The summed E-state index contributed by atoms with van der Waals surface area (Å²) in [6.07, 6.45) is 3.94. The van der Waals surface area contributed by atoms with Crippen molar-refractivity contribution in [2.24, 2.45) is 5.41 Å². The van der Waals surface area contributed by atoms with E-state index in [0.717, 1.165) is 28.7 Å². The summed E-state index contributed by atoms with van der Waals surface area (Å²) in [5, 5.41) is 14.5. The second-order valence-corrected chi connectivity index (χ2v) is 6.92. The molecule has 5 heteroatoms. The maximum atomic E-state index is 9.99. The van der Waals surface area contributed by atoms with Crippen LogP contribution in [0.4, 0.5) is 5.82 Å². The number of hydrogen-bond donors (Lipinski definition) is 2. The number of pyridine rings is 1. The molecule has 1 fully saturated rings. The average molecular weight is 320 g/mol. The Bertz CT molecular complexity index is 879. The molecule has 122 valence electrons. The van der Waals surface area contributed by atoms with E-state index in [1.807, 2.05) is 36.4 Å². The van der Waals surface area contributed by atoms with Gasteiger partial charge in [-0.3, -0.25) is 4.98 Å². The Labute approximate surface area is 140 Å². The first-order chi connectivity index (χ1) is 11.6. The molecule has 0 amide bonds. The van der Waals surface area contributed by atoms with Crippen molar-refractivity contribution in [2.75, 3.05) is 5.32 Å². The van der Waals surface area contributed by atoms with Crippen molar-refractivity contribution in [2.45, 2.75) is 32.4 Å². The summed E-state index contributed by atoms with van der Waals surface area (Å²) in [4.78, 5) is 13.5. The van der Waals surface area contributed by atoms with E-state index in [1.165, 1.54) is 0 Å². The molecule has 1 aromatic carbocycles. The number of aromatic nitrogens is 3. The van der Waals surface area contributed by atoms with Gasteiger partial charge in [0.1, 0.15) is 5.82 Å². The molecule has 1 aliphatic carbocycles. The number of rotatable bonds is 3. The minimum atomic E-state index is -0.275. The molecule has 0 radical (unpaired) electrons. The van der Waals surface area contributed by atoms with Gasteiger partial charge in [0, 0.05) is 34.8 Å². The molecular weight excluding hydrogens is 300 g/mol. The molecule has 1 saturated carbocycles. The zero-order chi connectivity index (χ0) is 16.7. The number of aliphatic hydroxyl groups excluding tert-OH is 1. The van der Waals surface area contributed by atoms with Crippen LogP contribution in [0, 0.1) is 5.41 Å². The van der Waals surface area contributed by atoms with Crippen molar-refractivity contribution >= 4 is 16.7 Å². The Morgan fingerprint density at radius 2 is 1.83 bits per heavy atom. The van der Waals surface area contributed by atoms with E-state index in [4.69, 9.17) is 4.98 Å². The van der Waals surface area contributed by atoms with Crippen LogP contribution in [-0.4, -0.2) is 32.2 Å². The topological polar surface area (TPSA) is 70.9 Å². The fourth-order valence-corrected chi connectivity index (χ4v) is 3.13. The quantitative estimate of drug-likeness (QED) is 0.775. The molecule has 0 aliphatic heterocycles. The highest BCUT2D eigenvalue weighted by Gasteiger charge is 2.47. The van der Waals surface area contributed by atoms with Crippen LogP contribution >= 0.6 is 0 Å². The van der Waals surface area contributed by atoms with E-state index in [2.05, 4.69) is 29.1 Å². The maximum Gasteiger partial charge on any atom is 0.162 e. The average Bonchev–Trinajstić information content (AvgIpc) is 2.62. The summed E-state index contributed by atoms with van der Waals surface area (Å²) in [5.74, 6) is 1.49. The van der Waals surface area contributed by atoms with Gasteiger partial charge in [0.2, 0.25) is 0 Å². The standard InChI is InChI=1S/C19H20N4O/c1-19(2)15(11-16(19)24)22-18-13-5-3-4-6-14(13)21-17(23-18)12-7-9-20-10-8-12/h3-10,15-16,24H,11H2,1-2H3,(H,21,22,23). The van der Waals surface area contributed by atoms with Crippen molar-refractivity contribution in [1.29, 1.82) is 0 Å². The van der Waals surface area contributed by atoms with Gasteiger partial charge in [0.25, 0.3) is 0 Å². The van der Waals surface area contributed by atoms with Crippen LogP contribution in [0.2, 0.25) is 0 Å². The second-order valence-electron chi connectivity index (χ2n) is 6.92. The van der Waals surface area contributed by atoms with E-state index >= 15 is 0 Å². The summed E-state index contributed by atoms with van der Waals surface area (Å²) < 4.78 is 0. The molecule has 4 rings (SSSR count). The van der Waals surface area contributed by atoms with Crippen molar-refractivity contribution in [3.05, 3.63) is 48.8 Å². The molecule has 24 heavy (non-hydrogen) atoms. The molecule has 0 saturated heterocycles. The van der Waals surface area contributed by atoms with E-state index in [1.54, 1.807) is 12.4 Å². The molecule has 3 aromatic rings. The van der Waals surface area contributed by atoms with Crippen molar-refractivity contribution in [1.82, 2.24) is 15.0 Å². The zero-order valence-electron chi connectivity index (χ0n) is 13.8. The number of para-hydroxylation sites is 1. The highest BCUT2D eigenvalue weighted by molar-refractivity contribution is 5.90. The highest BCUT2D eigenvalue weighted by Crippen LogP contribution is 2.42. The maximum absolute atomic E-state index is 9.99. The lowest BCUT2D eigenvalue weighted by atomic mass is 9.64. The van der Waals surface area contributed by atoms with Gasteiger partial charge in [0.05, 0.1) is 11.6 Å². The number of aliphatic hydroxyl groups is 1. The summed E-state index contributed by atoms with van der Waals surface area (Å²) in [6, 6.07) is 12.0. The molecule has 2 atom stereocenters. The van der Waals surface area contributed by atoms with Crippen LogP contribution in [0.5, 0.6) is 0 Å². The Balaban J connectivity index is 1.79. The third-order valence-electron chi connectivity index (χ3n) is 5.07. The molecule has 5 nitrogen and oxygen atoms in total. The van der Waals surface area contributed by atoms with Gasteiger partial charge in [-0.2, -0.15) is 0 Å². The molecule has 2 aromatic heterocycles. The monoisotopic (exact) mass is 320 g/mol. The lowest BCUT2D eigenvalue weighted by molar-refractivity contribution is -0.0511. The SMILES string of the molecule is CC1(C)C(O)CC1Nc1nc(-c2ccncc2)nc2ccccc12. The van der Waals surface area contributed by atoms with Gasteiger partial charge in [-0.25, -0.2) is 9.97 Å². The third kappa shape index (κ3) is 2.41. The summed E-state index contributed by atoms with van der Waals surface area (Å²) in [6.45, 7) is 4.15. The first kappa shape index (κ1) is 15.0. The fraction of sp³-hybridized carbons (Fsp3) is 0.316. The van der Waals surface area contributed by atoms with Crippen LogP contribution in [0.3, 0.4) is 0 Å². The number of nitrogens with zero attached hydrogens (tertiary/aromatic N) is 3. The van der Waals surface area contributed by atoms with E-state index < -0.39 is 0 Å². The van der Waals surface area contributed by atoms with E-state index in [9.17, 15) is 5.11 Å². The molecule has 0 bridgehead atoms. The number of anilines is 1. The zero-order valence-corrected chi connectivity index (χ0v) is 13.8. The van der Waals surface area contributed by atoms with Crippen LogP contribution in [0.25, 0.3) is 22.3 Å². The largest absolute Gasteiger partial charge is 0.392 e. The van der Waals surface area contributed by atoms with E-state index in [-0.39, 0.29) is 17.6 Å². The summed E-state index contributed by atoms with van der Waals surface area (Å²) in [7, 11) is 0. The molecule has 0 spiro atoms. The second kappa shape index (κ2) is 5.53. The van der Waals surface area contributed by atoms with Gasteiger partial charge in [-0.15, -0.1) is 0 Å². The van der Waals surface area contributed by atoms with Gasteiger partial charge >= 0.3 is 0 Å². The smallest absolute Gasteiger partial charge is 0.162 e. The Hall–Kier alpha value is -2.53. The molecule has 1 aliphatic rings. The van der Waals surface area contributed by atoms with Crippen LogP contribution in [-0.2, 0) is 0 Å². The number of hydrogen-bond acceptors (Lipinski definition) is 5. The van der Waals surface area contributed by atoms with Crippen molar-refractivity contribution in [3.63, 3.8) is 0 Å². The fourth-order valence-electron chi connectivity index (χ4n) is 3.13. The van der Waals surface area contributed by atoms with Crippen LogP contribution < -0.4 is 5.32 Å². The number of benzene rings is 1. The number of nitrogens with one attached hydrogen (secondary N) is 1. The highest BCUT2D eigenvalue weighted by atomic mass is 16.3. The van der Waals surface area contributed by atoms with Gasteiger partial charge in [-0.1, -0.05) is 26.0 Å². The van der Waals surface area contributed by atoms with Gasteiger partial charge < -0.3 is 10.4 Å². The minimum Gasteiger partial charge on any atom is -0.392 e. The summed E-state index contributed by atoms with van der Waals surface area (Å²) >= 11 is 0. The number of fused-ring (bicyclic) bond motifs is 1. The Kier molecular flexibility index (Phi) is 3.46. The summed E-state index contributed by atoms with van der Waals surface area (Å²) in [5.41, 5.74) is 1.68. The molecule has 2 unspecified atom stereocenters. The van der Waals surface area contributed by atoms with Crippen molar-refractivity contribution < 1.29 is 5.11 Å². The molecule has 2 N–H and O–H groups in total. The Morgan fingerprint density at radius 3 is 2.54 bits per heavy atom. The minimum absolute atomic E-state index is 0.164. The molecular formula is C19H20N4O. The first-order valence-electron chi connectivity index (χ1n) is 8.17. The van der Waals surface area contributed by atoms with E-state index in [0.29, 0.717) is 5.82 Å². The molecule has 2 heterocycles.